The van der Waals surface area contributed by atoms with Gasteiger partial charge in [0.25, 0.3) is 5.91 Å². The van der Waals surface area contributed by atoms with Crippen LogP contribution in [0.5, 0.6) is 5.75 Å². The van der Waals surface area contributed by atoms with E-state index in [9.17, 15) is 9.90 Å². The monoisotopic (exact) mass is 398 g/mol. The summed E-state index contributed by atoms with van der Waals surface area (Å²) in [5.74, 6) is 0.112. The number of benzene rings is 2. The van der Waals surface area contributed by atoms with Gasteiger partial charge in [-0.3, -0.25) is 4.79 Å². The topological polar surface area (TPSA) is 82.3 Å². The van der Waals surface area contributed by atoms with Crippen LogP contribution < -0.4 is 10.1 Å². The molecule has 0 saturated heterocycles. The van der Waals surface area contributed by atoms with Crippen molar-refractivity contribution in [3.8, 4) is 11.8 Å². The molecule has 0 spiro atoms. The highest BCUT2D eigenvalue weighted by Gasteiger charge is 2.45. The van der Waals surface area contributed by atoms with Gasteiger partial charge in [-0.2, -0.15) is 5.26 Å². The Labute approximate surface area is 169 Å². The molecule has 0 aliphatic heterocycles. The van der Waals surface area contributed by atoms with Gasteiger partial charge < -0.3 is 15.2 Å². The van der Waals surface area contributed by atoms with Gasteiger partial charge in [0.1, 0.15) is 17.4 Å². The zero-order valence-electron chi connectivity index (χ0n) is 15.7. The van der Waals surface area contributed by atoms with Crippen LogP contribution in [-0.4, -0.2) is 23.7 Å². The molecule has 1 aliphatic carbocycles. The van der Waals surface area contributed by atoms with Crippen LogP contribution in [0.1, 0.15) is 36.8 Å². The fraction of sp³-hybridized carbons (Fsp3) is 0.364. The number of methoxy groups -OCH3 is 1. The first-order chi connectivity index (χ1) is 13.5. The molecule has 3 rings (SSSR count). The molecular formula is C22H23ClN2O3. The van der Waals surface area contributed by atoms with Crippen molar-refractivity contribution in [1.82, 2.24) is 0 Å². The summed E-state index contributed by atoms with van der Waals surface area (Å²) in [6, 6.07) is 14.1. The van der Waals surface area contributed by atoms with Crippen LogP contribution in [0, 0.1) is 17.2 Å². The van der Waals surface area contributed by atoms with E-state index < -0.39 is 11.5 Å². The van der Waals surface area contributed by atoms with E-state index in [2.05, 4.69) is 5.32 Å². The quantitative estimate of drug-likeness (QED) is 0.759. The summed E-state index contributed by atoms with van der Waals surface area (Å²) in [6.07, 6.45) is 3.82. The number of hydrogen-bond donors (Lipinski definition) is 2. The molecule has 1 fully saturated rings. The highest BCUT2D eigenvalue weighted by Crippen LogP contribution is 2.37. The number of rotatable bonds is 6. The van der Waals surface area contributed by atoms with Crippen molar-refractivity contribution >= 4 is 23.2 Å². The number of nitrogens with one attached hydrogen (secondary N) is 1. The number of aliphatic hydroxyl groups is 1. The number of hydrogen-bond acceptors (Lipinski definition) is 4. The summed E-state index contributed by atoms with van der Waals surface area (Å²) < 4.78 is 5.26. The zero-order chi connectivity index (χ0) is 20.1. The van der Waals surface area contributed by atoms with Crippen LogP contribution in [-0.2, 0) is 11.2 Å². The van der Waals surface area contributed by atoms with Crippen molar-refractivity contribution in [3.63, 3.8) is 0 Å². The zero-order valence-corrected chi connectivity index (χ0v) is 16.5. The molecule has 2 aromatic rings. The van der Waals surface area contributed by atoms with E-state index in [4.69, 9.17) is 21.6 Å². The molecule has 1 amide bonds. The molecule has 1 unspecified atom stereocenters. The normalized spacial score (nSPS) is 16.2. The maximum Gasteiger partial charge on any atom is 0.256 e. The van der Waals surface area contributed by atoms with Gasteiger partial charge in [0.15, 0.2) is 0 Å². The van der Waals surface area contributed by atoms with E-state index in [0.717, 1.165) is 31.2 Å². The minimum atomic E-state index is -1.54. The van der Waals surface area contributed by atoms with Gasteiger partial charge in [0, 0.05) is 12.1 Å². The van der Waals surface area contributed by atoms with Crippen LogP contribution >= 0.6 is 11.6 Å². The highest BCUT2D eigenvalue weighted by atomic mass is 35.5. The Morgan fingerprint density at radius 2 is 2.07 bits per heavy atom. The minimum Gasteiger partial charge on any atom is -0.497 e. The average Bonchev–Trinajstić information content (AvgIpc) is 3.23. The molecule has 6 heteroatoms. The fourth-order valence-corrected chi connectivity index (χ4v) is 4.05. The summed E-state index contributed by atoms with van der Waals surface area (Å²) in [5.41, 5.74) is 0.0865. The molecule has 146 valence electrons. The molecule has 0 bridgehead atoms. The Kier molecular flexibility index (Phi) is 6.23. The number of nitriles is 1. The van der Waals surface area contributed by atoms with Crippen LogP contribution in [0.25, 0.3) is 0 Å². The van der Waals surface area contributed by atoms with Gasteiger partial charge in [-0.05, 0) is 54.7 Å². The number of carbonyl (C=O) groups excluding carboxylic acids is 1. The molecule has 28 heavy (non-hydrogen) atoms. The van der Waals surface area contributed by atoms with E-state index in [1.165, 1.54) is 6.07 Å². The molecule has 0 aromatic heterocycles. The third kappa shape index (κ3) is 4.30. The molecule has 1 atom stereocenters. The Morgan fingerprint density at radius 1 is 1.32 bits per heavy atom. The van der Waals surface area contributed by atoms with Crippen molar-refractivity contribution in [3.05, 3.63) is 58.6 Å². The Balaban J connectivity index is 1.87. The van der Waals surface area contributed by atoms with E-state index in [0.29, 0.717) is 17.0 Å². The number of ether oxygens (including phenoxy) is 1. The van der Waals surface area contributed by atoms with Crippen LogP contribution in [0.4, 0.5) is 5.69 Å². The molecule has 2 aromatic carbocycles. The first-order valence-electron chi connectivity index (χ1n) is 9.32. The van der Waals surface area contributed by atoms with Crippen molar-refractivity contribution in [2.24, 2.45) is 5.92 Å². The average molecular weight is 399 g/mol. The van der Waals surface area contributed by atoms with Gasteiger partial charge in [0.2, 0.25) is 0 Å². The van der Waals surface area contributed by atoms with Crippen molar-refractivity contribution in [2.45, 2.75) is 37.7 Å². The second-order valence-corrected chi connectivity index (χ2v) is 7.60. The number of amides is 1. The second kappa shape index (κ2) is 8.64. The lowest BCUT2D eigenvalue weighted by Crippen LogP contribution is -2.50. The standard InChI is InChI=1S/C22H23ClN2O3/c1-28-19-8-4-5-15(11-19)13-22(27,17-6-2-3-7-17)21(26)25-18-10-9-16(14-24)20(23)12-18/h4-5,8-12,17,27H,2-3,6-7,13H2,1H3,(H,25,26). The lowest BCUT2D eigenvalue weighted by Gasteiger charge is -2.33. The maximum absolute atomic E-state index is 13.1. The molecule has 0 heterocycles. The first-order valence-corrected chi connectivity index (χ1v) is 9.70. The van der Waals surface area contributed by atoms with E-state index >= 15 is 0 Å². The second-order valence-electron chi connectivity index (χ2n) is 7.19. The summed E-state index contributed by atoms with van der Waals surface area (Å²) in [5, 5.41) is 23.5. The smallest absolute Gasteiger partial charge is 0.256 e. The molecule has 0 radical (unpaired) electrons. The molecular weight excluding hydrogens is 376 g/mol. The number of carbonyl (C=O) groups is 1. The van der Waals surface area contributed by atoms with Gasteiger partial charge in [-0.1, -0.05) is 36.6 Å². The molecule has 5 nitrogen and oxygen atoms in total. The molecule has 1 saturated carbocycles. The maximum atomic E-state index is 13.1. The largest absolute Gasteiger partial charge is 0.497 e. The van der Waals surface area contributed by atoms with E-state index in [-0.39, 0.29) is 17.4 Å². The lowest BCUT2D eigenvalue weighted by atomic mass is 9.80. The minimum absolute atomic E-state index is 0.118. The van der Waals surface area contributed by atoms with Crippen molar-refractivity contribution < 1.29 is 14.6 Å². The number of halogens is 1. The van der Waals surface area contributed by atoms with Gasteiger partial charge in [-0.15, -0.1) is 0 Å². The Hall–Kier alpha value is -2.55. The highest BCUT2D eigenvalue weighted by molar-refractivity contribution is 6.32. The summed E-state index contributed by atoms with van der Waals surface area (Å²) in [4.78, 5) is 13.1. The summed E-state index contributed by atoms with van der Waals surface area (Å²) in [6.45, 7) is 0. The van der Waals surface area contributed by atoms with Crippen LogP contribution in [0.3, 0.4) is 0 Å². The summed E-state index contributed by atoms with van der Waals surface area (Å²) in [7, 11) is 1.59. The van der Waals surface area contributed by atoms with E-state index in [1.807, 2.05) is 30.3 Å². The van der Waals surface area contributed by atoms with Crippen LogP contribution in [0.15, 0.2) is 42.5 Å². The number of nitrogens with zero attached hydrogens (tertiary/aromatic N) is 1. The number of anilines is 1. The predicted octanol–water partition coefficient (Wildman–Crippen LogP) is 4.32. The third-order valence-corrected chi connectivity index (χ3v) is 5.69. The first kappa shape index (κ1) is 20.2. The van der Waals surface area contributed by atoms with Crippen molar-refractivity contribution in [1.29, 1.82) is 5.26 Å². The van der Waals surface area contributed by atoms with Crippen LogP contribution in [0.2, 0.25) is 5.02 Å². The SMILES string of the molecule is COc1cccc(CC(O)(C(=O)Nc2ccc(C#N)c(Cl)c2)C2CCCC2)c1. The molecule has 1 aliphatic rings. The predicted molar refractivity (Wildman–Crippen MR) is 108 cm³/mol. The van der Waals surface area contributed by atoms with Gasteiger partial charge in [-0.25, -0.2) is 0 Å². The van der Waals surface area contributed by atoms with Crippen molar-refractivity contribution in [2.75, 3.05) is 12.4 Å². The fourth-order valence-electron chi connectivity index (χ4n) is 3.83. The molecule has 2 N–H and O–H groups in total. The summed E-state index contributed by atoms with van der Waals surface area (Å²) >= 11 is 6.07. The van der Waals surface area contributed by atoms with Gasteiger partial charge >= 0.3 is 0 Å². The lowest BCUT2D eigenvalue weighted by molar-refractivity contribution is -0.139. The van der Waals surface area contributed by atoms with E-state index in [1.54, 1.807) is 19.2 Å². The van der Waals surface area contributed by atoms with Gasteiger partial charge in [0.05, 0.1) is 17.7 Å². The third-order valence-electron chi connectivity index (χ3n) is 5.38. The Bertz CT molecular complexity index is 903. The Morgan fingerprint density at radius 3 is 2.71 bits per heavy atom.